The second-order valence-corrected chi connectivity index (χ2v) is 6.30. The standard InChI is InChI=1S/C17H14BrN7O2/c1-3-7-19-16-14(25(26)27)9-20-17(22-16)21-12-6-4-5-11(8-12)15-13(18)10-24(2)23-15/h1,4-6,8-10H,7H2,2H3,(H2,19,20,21,22). The van der Waals surface area contributed by atoms with Crippen LogP contribution < -0.4 is 10.6 Å². The minimum Gasteiger partial charge on any atom is -0.353 e. The molecule has 27 heavy (non-hydrogen) atoms. The van der Waals surface area contributed by atoms with E-state index in [1.54, 1.807) is 4.68 Å². The molecule has 0 amide bonds. The number of nitrogens with one attached hydrogen (secondary N) is 2. The first-order chi connectivity index (χ1) is 13.0. The van der Waals surface area contributed by atoms with Gasteiger partial charge >= 0.3 is 5.69 Å². The third kappa shape index (κ3) is 4.21. The Morgan fingerprint density at radius 1 is 1.44 bits per heavy atom. The van der Waals surface area contributed by atoms with E-state index in [2.05, 4.69) is 47.6 Å². The van der Waals surface area contributed by atoms with E-state index in [4.69, 9.17) is 6.42 Å². The molecular formula is C17H14BrN7O2. The quantitative estimate of drug-likeness (QED) is 0.352. The second-order valence-electron chi connectivity index (χ2n) is 5.45. The number of aryl methyl sites for hydroxylation is 1. The summed E-state index contributed by atoms with van der Waals surface area (Å²) >= 11 is 3.48. The lowest BCUT2D eigenvalue weighted by molar-refractivity contribution is -0.384. The Balaban J connectivity index is 1.89. The molecule has 1 aromatic carbocycles. The van der Waals surface area contributed by atoms with Crippen LogP contribution in [-0.4, -0.2) is 31.2 Å². The zero-order valence-electron chi connectivity index (χ0n) is 14.2. The van der Waals surface area contributed by atoms with Gasteiger partial charge in [-0.3, -0.25) is 14.8 Å². The van der Waals surface area contributed by atoms with Crippen molar-refractivity contribution in [1.29, 1.82) is 0 Å². The Kier molecular flexibility index (Phi) is 5.33. The molecule has 9 nitrogen and oxygen atoms in total. The number of aromatic nitrogens is 4. The van der Waals surface area contributed by atoms with Crippen LogP contribution >= 0.6 is 15.9 Å². The Morgan fingerprint density at radius 2 is 2.26 bits per heavy atom. The summed E-state index contributed by atoms with van der Waals surface area (Å²) in [5.41, 5.74) is 2.14. The summed E-state index contributed by atoms with van der Waals surface area (Å²) in [5.74, 6) is 2.62. The van der Waals surface area contributed by atoms with Crippen LogP contribution in [-0.2, 0) is 7.05 Å². The van der Waals surface area contributed by atoms with Crippen molar-refractivity contribution < 1.29 is 4.92 Å². The Morgan fingerprint density at radius 3 is 2.93 bits per heavy atom. The van der Waals surface area contributed by atoms with E-state index in [1.807, 2.05) is 37.5 Å². The van der Waals surface area contributed by atoms with Crippen LogP contribution in [0.2, 0.25) is 0 Å². The van der Waals surface area contributed by atoms with Crippen LogP contribution in [0, 0.1) is 22.5 Å². The summed E-state index contributed by atoms with van der Waals surface area (Å²) < 4.78 is 2.58. The summed E-state index contributed by atoms with van der Waals surface area (Å²) in [6.07, 6.45) is 8.19. The second kappa shape index (κ2) is 7.84. The van der Waals surface area contributed by atoms with Crippen LogP contribution in [0.15, 0.2) is 41.1 Å². The lowest BCUT2D eigenvalue weighted by atomic mass is 10.1. The highest BCUT2D eigenvalue weighted by Gasteiger charge is 2.17. The molecule has 0 spiro atoms. The summed E-state index contributed by atoms with van der Waals surface area (Å²) in [6, 6.07) is 7.50. The fraction of sp³-hybridized carbons (Fsp3) is 0.118. The Hall–Kier alpha value is -3.45. The topological polar surface area (TPSA) is 111 Å². The number of hydrogen-bond acceptors (Lipinski definition) is 7. The third-order valence-corrected chi connectivity index (χ3v) is 4.08. The molecule has 0 aliphatic carbocycles. The molecule has 0 aliphatic heterocycles. The first-order valence-corrected chi connectivity index (χ1v) is 8.52. The maximum atomic E-state index is 11.1. The first-order valence-electron chi connectivity index (χ1n) is 7.73. The highest BCUT2D eigenvalue weighted by atomic mass is 79.9. The summed E-state index contributed by atoms with van der Waals surface area (Å²) in [6.45, 7) is 0.112. The van der Waals surface area contributed by atoms with Gasteiger partial charge < -0.3 is 10.6 Å². The van der Waals surface area contributed by atoms with Crippen molar-refractivity contribution in [3.8, 4) is 23.6 Å². The number of nitro groups is 1. The van der Waals surface area contributed by atoms with E-state index in [0.29, 0.717) is 5.69 Å². The van der Waals surface area contributed by atoms with Gasteiger partial charge in [-0.15, -0.1) is 6.42 Å². The van der Waals surface area contributed by atoms with Crippen molar-refractivity contribution in [3.05, 3.63) is 51.2 Å². The van der Waals surface area contributed by atoms with Crippen LogP contribution in [0.3, 0.4) is 0 Å². The number of halogens is 1. The van der Waals surface area contributed by atoms with Crippen LogP contribution in [0.25, 0.3) is 11.3 Å². The highest BCUT2D eigenvalue weighted by molar-refractivity contribution is 9.10. The molecule has 0 unspecified atom stereocenters. The van der Waals surface area contributed by atoms with E-state index in [-0.39, 0.29) is 24.0 Å². The molecule has 0 aliphatic rings. The van der Waals surface area contributed by atoms with Crippen LogP contribution in [0.5, 0.6) is 0 Å². The van der Waals surface area contributed by atoms with E-state index >= 15 is 0 Å². The SMILES string of the molecule is C#CCNc1nc(Nc2cccc(-c3nn(C)cc3Br)c2)ncc1[N+](=O)[O-]. The van der Waals surface area contributed by atoms with Gasteiger partial charge in [-0.2, -0.15) is 10.1 Å². The zero-order chi connectivity index (χ0) is 19.4. The summed E-state index contributed by atoms with van der Waals surface area (Å²) in [4.78, 5) is 18.7. The molecule has 3 rings (SSSR count). The van der Waals surface area contributed by atoms with Crippen molar-refractivity contribution >= 4 is 39.1 Å². The van der Waals surface area contributed by atoms with E-state index in [1.165, 1.54) is 0 Å². The maximum absolute atomic E-state index is 11.1. The van der Waals surface area contributed by atoms with Gasteiger partial charge in [0.1, 0.15) is 11.9 Å². The van der Waals surface area contributed by atoms with Crippen molar-refractivity contribution in [2.24, 2.45) is 7.05 Å². The molecule has 0 saturated carbocycles. The number of hydrogen-bond donors (Lipinski definition) is 2. The molecular weight excluding hydrogens is 414 g/mol. The van der Waals surface area contributed by atoms with E-state index in [9.17, 15) is 10.1 Å². The molecule has 136 valence electrons. The third-order valence-electron chi connectivity index (χ3n) is 3.50. The fourth-order valence-electron chi connectivity index (χ4n) is 2.36. The van der Waals surface area contributed by atoms with Gasteiger partial charge in [-0.1, -0.05) is 18.1 Å². The molecule has 0 saturated heterocycles. The van der Waals surface area contributed by atoms with Crippen molar-refractivity contribution in [2.45, 2.75) is 0 Å². The lowest BCUT2D eigenvalue weighted by Gasteiger charge is -2.08. The molecule has 2 N–H and O–H groups in total. The predicted octanol–water partition coefficient (Wildman–Crippen LogP) is 3.34. The van der Waals surface area contributed by atoms with Gasteiger partial charge in [-0.05, 0) is 28.1 Å². The molecule has 10 heteroatoms. The first kappa shape index (κ1) is 18.3. The largest absolute Gasteiger partial charge is 0.353 e. The molecule has 0 atom stereocenters. The number of benzene rings is 1. The van der Waals surface area contributed by atoms with Crippen molar-refractivity contribution in [2.75, 3.05) is 17.2 Å². The molecule has 2 heterocycles. The van der Waals surface area contributed by atoms with E-state index in [0.717, 1.165) is 21.9 Å². The average Bonchev–Trinajstić information content (AvgIpc) is 2.98. The van der Waals surface area contributed by atoms with Crippen LogP contribution in [0.1, 0.15) is 0 Å². The van der Waals surface area contributed by atoms with Gasteiger partial charge in [0.15, 0.2) is 0 Å². The molecule has 0 bridgehead atoms. The Labute approximate surface area is 163 Å². The van der Waals surface area contributed by atoms with Crippen molar-refractivity contribution in [1.82, 2.24) is 19.7 Å². The zero-order valence-corrected chi connectivity index (χ0v) is 15.8. The number of terminal acetylenes is 1. The lowest BCUT2D eigenvalue weighted by Crippen LogP contribution is -2.07. The number of rotatable bonds is 6. The van der Waals surface area contributed by atoms with Crippen molar-refractivity contribution in [3.63, 3.8) is 0 Å². The molecule has 0 radical (unpaired) electrons. The number of anilines is 3. The van der Waals surface area contributed by atoms with Gasteiger partial charge in [-0.25, -0.2) is 4.98 Å². The monoisotopic (exact) mass is 427 g/mol. The highest BCUT2D eigenvalue weighted by Crippen LogP contribution is 2.29. The van der Waals surface area contributed by atoms with Gasteiger partial charge in [0.05, 0.1) is 15.9 Å². The van der Waals surface area contributed by atoms with Crippen LogP contribution in [0.4, 0.5) is 23.1 Å². The smallest absolute Gasteiger partial charge is 0.329 e. The fourth-order valence-corrected chi connectivity index (χ4v) is 2.97. The van der Waals surface area contributed by atoms with Gasteiger partial charge in [0.25, 0.3) is 0 Å². The Bertz CT molecular complexity index is 1040. The minimum absolute atomic E-state index is 0.0547. The number of nitrogens with zero attached hydrogens (tertiary/aromatic N) is 5. The molecule has 0 fully saturated rings. The van der Waals surface area contributed by atoms with E-state index < -0.39 is 4.92 Å². The molecule has 2 aromatic heterocycles. The van der Waals surface area contributed by atoms with Gasteiger partial charge in [0, 0.05) is 24.5 Å². The summed E-state index contributed by atoms with van der Waals surface area (Å²) in [5, 5.41) is 21.3. The normalized spacial score (nSPS) is 10.3. The molecule has 3 aromatic rings. The maximum Gasteiger partial charge on any atom is 0.329 e. The van der Waals surface area contributed by atoms with Gasteiger partial charge in [0.2, 0.25) is 11.8 Å². The minimum atomic E-state index is -0.568. The average molecular weight is 428 g/mol. The predicted molar refractivity (Wildman–Crippen MR) is 106 cm³/mol. The summed E-state index contributed by atoms with van der Waals surface area (Å²) in [7, 11) is 1.84.